The third-order valence-corrected chi connectivity index (χ3v) is 9.40. The number of rotatable bonds is 9. The average molecular weight is 559 g/mol. The summed E-state index contributed by atoms with van der Waals surface area (Å²) < 4.78 is 34.9. The van der Waals surface area contributed by atoms with Crippen molar-refractivity contribution in [2.24, 2.45) is 5.92 Å². The van der Waals surface area contributed by atoms with Crippen LogP contribution < -0.4 is 9.46 Å². The number of aliphatic hydroxyl groups is 1. The molecule has 2 aromatic heterocycles. The van der Waals surface area contributed by atoms with Crippen molar-refractivity contribution >= 4 is 33.0 Å². The Morgan fingerprint density at radius 2 is 2.03 bits per heavy atom. The van der Waals surface area contributed by atoms with Crippen molar-refractivity contribution in [3.05, 3.63) is 71.4 Å². The summed E-state index contributed by atoms with van der Waals surface area (Å²) in [5, 5.41) is 11.5. The van der Waals surface area contributed by atoms with Crippen molar-refractivity contribution in [3.8, 4) is 5.75 Å². The highest BCUT2D eigenvalue weighted by Gasteiger charge is 2.31. The molecule has 1 aliphatic heterocycles. The van der Waals surface area contributed by atoms with Gasteiger partial charge in [0.25, 0.3) is 10.0 Å². The number of anilines is 1. The molecule has 0 unspecified atom stereocenters. The minimum absolute atomic E-state index is 0.0283. The Balaban J connectivity index is 1.63. The van der Waals surface area contributed by atoms with Crippen molar-refractivity contribution in [3.63, 3.8) is 0 Å². The van der Waals surface area contributed by atoms with Gasteiger partial charge >= 0.3 is 0 Å². The van der Waals surface area contributed by atoms with Crippen LogP contribution in [0.3, 0.4) is 0 Å². The molecule has 0 saturated carbocycles. The quantitative estimate of drug-likeness (QED) is 0.415. The van der Waals surface area contributed by atoms with E-state index >= 15 is 0 Å². The first-order chi connectivity index (χ1) is 18.2. The van der Waals surface area contributed by atoms with Crippen molar-refractivity contribution in [1.82, 2.24) is 14.8 Å². The van der Waals surface area contributed by atoms with E-state index in [4.69, 9.17) is 4.74 Å². The lowest BCUT2D eigenvalue weighted by Gasteiger charge is -2.34. The van der Waals surface area contributed by atoms with E-state index < -0.39 is 10.0 Å². The number of nitrogens with zero attached hydrogens (tertiary/aromatic N) is 3. The lowest BCUT2D eigenvalue weighted by atomic mass is 10.0. The second-order valence-corrected chi connectivity index (χ2v) is 12.7. The van der Waals surface area contributed by atoms with Crippen molar-refractivity contribution < 1.29 is 23.1 Å². The zero-order valence-corrected chi connectivity index (χ0v) is 23.4. The zero-order chi connectivity index (χ0) is 27.3. The van der Waals surface area contributed by atoms with Crippen LogP contribution in [0.2, 0.25) is 0 Å². The van der Waals surface area contributed by atoms with Crippen LogP contribution >= 0.6 is 11.3 Å². The van der Waals surface area contributed by atoms with Gasteiger partial charge in [0.05, 0.1) is 19.1 Å². The Kier molecular flexibility index (Phi) is 9.03. The Labute approximate surface area is 228 Å². The number of sulfonamides is 1. The molecule has 0 bridgehead atoms. The lowest BCUT2D eigenvalue weighted by Crippen LogP contribution is -2.47. The van der Waals surface area contributed by atoms with Gasteiger partial charge in [-0.1, -0.05) is 13.0 Å². The molecule has 9 nitrogen and oxygen atoms in total. The number of fused-ring (bicyclic) bond motifs is 1. The minimum atomic E-state index is -3.74. The topological polar surface area (TPSA) is 112 Å². The monoisotopic (exact) mass is 558 g/mol. The summed E-state index contributed by atoms with van der Waals surface area (Å²) in [5.74, 6) is 0.369. The van der Waals surface area contributed by atoms with Gasteiger partial charge in [-0.15, -0.1) is 11.3 Å². The van der Waals surface area contributed by atoms with Crippen LogP contribution in [0.15, 0.2) is 64.4 Å². The first kappa shape index (κ1) is 28.0. The maximum atomic E-state index is 13.4. The third-order valence-electron chi connectivity index (χ3n) is 6.62. The maximum Gasteiger partial charge on any atom is 0.271 e. The predicted molar refractivity (Wildman–Crippen MR) is 148 cm³/mol. The summed E-state index contributed by atoms with van der Waals surface area (Å²) >= 11 is 1.13. The molecule has 0 saturated heterocycles. The van der Waals surface area contributed by atoms with Crippen LogP contribution in [-0.4, -0.2) is 73.1 Å². The maximum absolute atomic E-state index is 13.4. The fourth-order valence-corrected chi connectivity index (χ4v) is 6.55. The molecule has 4 rings (SSSR count). The molecule has 0 radical (unpaired) electrons. The summed E-state index contributed by atoms with van der Waals surface area (Å²) in [6, 6.07) is 11.9. The second kappa shape index (κ2) is 12.2. The lowest BCUT2D eigenvalue weighted by molar-refractivity contribution is -0.134. The number of nitrogens with one attached hydrogen (secondary N) is 1. The van der Waals surface area contributed by atoms with Gasteiger partial charge in [0.2, 0.25) is 5.91 Å². The number of ether oxygens (including phenoxy) is 1. The number of aromatic nitrogens is 1. The number of aliphatic hydroxyl groups excluding tert-OH is 1. The van der Waals surface area contributed by atoms with Gasteiger partial charge in [-0.25, -0.2) is 8.42 Å². The summed E-state index contributed by atoms with van der Waals surface area (Å²) in [7, 11) is -1.72. The smallest absolute Gasteiger partial charge is 0.271 e. The third kappa shape index (κ3) is 6.90. The van der Waals surface area contributed by atoms with Crippen LogP contribution in [-0.2, 0) is 27.8 Å². The van der Waals surface area contributed by atoms with Gasteiger partial charge in [-0.3, -0.25) is 19.4 Å². The molecule has 1 amide bonds. The van der Waals surface area contributed by atoms with Gasteiger partial charge in [0.1, 0.15) is 16.1 Å². The molecule has 0 aliphatic carbocycles. The number of pyridine rings is 1. The van der Waals surface area contributed by atoms with Crippen molar-refractivity contribution in [2.45, 2.75) is 43.2 Å². The summed E-state index contributed by atoms with van der Waals surface area (Å²) in [5.41, 5.74) is 2.08. The molecule has 1 aromatic carbocycles. The summed E-state index contributed by atoms with van der Waals surface area (Å²) in [6.45, 7) is 5.45. The summed E-state index contributed by atoms with van der Waals surface area (Å²) in [6.07, 6.45) is 3.31. The van der Waals surface area contributed by atoms with Crippen LogP contribution in [0.1, 0.15) is 25.0 Å². The SMILES string of the molecule is C[C@@H]1CN([C@H](C)CO)C(=O)Cc2cc(NS(=O)(=O)c3cccs3)ccc2O[C@H]1CN(C)Cc1ccncc1. The molecule has 3 heterocycles. The van der Waals surface area contributed by atoms with E-state index in [0.29, 0.717) is 36.6 Å². The van der Waals surface area contributed by atoms with Gasteiger partial charge in [0.15, 0.2) is 0 Å². The van der Waals surface area contributed by atoms with Gasteiger partial charge in [-0.2, -0.15) is 0 Å². The largest absolute Gasteiger partial charge is 0.488 e. The van der Waals surface area contributed by atoms with E-state index in [2.05, 4.69) is 14.6 Å². The Hall–Kier alpha value is -2.99. The molecule has 2 N–H and O–H groups in total. The molecule has 1 aliphatic rings. The van der Waals surface area contributed by atoms with Crippen LogP contribution in [0.25, 0.3) is 0 Å². The number of hydrogen-bond acceptors (Lipinski definition) is 8. The molecular formula is C27H34N4O5S2. The molecule has 11 heteroatoms. The Morgan fingerprint density at radius 1 is 1.26 bits per heavy atom. The second-order valence-electron chi connectivity index (χ2n) is 9.80. The summed E-state index contributed by atoms with van der Waals surface area (Å²) in [4.78, 5) is 21.3. The average Bonchev–Trinajstić information content (AvgIpc) is 3.44. The van der Waals surface area contributed by atoms with Crippen molar-refractivity contribution in [2.75, 3.05) is 31.5 Å². The number of carbonyl (C=O) groups excluding carboxylic acids is 1. The first-order valence-corrected chi connectivity index (χ1v) is 14.9. The van der Waals surface area contributed by atoms with Crippen molar-refractivity contribution in [1.29, 1.82) is 0 Å². The minimum Gasteiger partial charge on any atom is -0.488 e. The van der Waals surface area contributed by atoms with E-state index in [-0.39, 0.29) is 41.2 Å². The standard InChI is InChI=1S/C27H34N4O5S2/c1-19-15-31(20(2)18-32)26(33)14-22-13-23(29-38(34,35)27-5-4-12-37-27)6-7-24(22)36-25(19)17-30(3)16-21-8-10-28-11-9-21/h4-13,19-20,25,29,32H,14-18H2,1-3H3/t19-,20-,25+/m1/s1. The molecule has 204 valence electrons. The Morgan fingerprint density at radius 3 is 2.71 bits per heavy atom. The van der Waals surface area contributed by atoms with E-state index in [0.717, 1.165) is 16.9 Å². The van der Waals surface area contributed by atoms with E-state index in [9.17, 15) is 18.3 Å². The van der Waals surface area contributed by atoms with Gasteiger partial charge in [0, 0.05) is 49.2 Å². The van der Waals surface area contributed by atoms with E-state index in [1.807, 2.05) is 33.0 Å². The van der Waals surface area contributed by atoms with Crippen LogP contribution in [0.4, 0.5) is 5.69 Å². The fourth-order valence-electron chi connectivity index (χ4n) is 4.50. The van der Waals surface area contributed by atoms with E-state index in [1.54, 1.807) is 53.0 Å². The first-order valence-electron chi connectivity index (χ1n) is 12.5. The highest BCUT2D eigenvalue weighted by atomic mass is 32.2. The molecule has 0 spiro atoms. The Bertz CT molecular complexity index is 1320. The molecule has 3 aromatic rings. The van der Waals surface area contributed by atoms with Crippen LogP contribution in [0, 0.1) is 5.92 Å². The number of benzene rings is 1. The van der Waals surface area contributed by atoms with Gasteiger partial charge in [-0.05, 0) is 61.3 Å². The number of carbonyl (C=O) groups is 1. The molecule has 3 atom stereocenters. The highest BCUT2D eigenvalue weighted by molar-refractivity contribution is 7.94. The zero-order valence-electron chi connectivity index (χ0n) is 21.8. The predicted octanol–water partition coefficient (Wildman–Crippen LogP) is 3.22. The van der Waals surface area contributed by atoms with Gasteiger partial charge < -0.3 is 14.7 Å². The molecular weight excluding hydrogens is 524 g/mol. The van der Waals surface area contributed by atoms with E-state index in [1.165, 1.54) is 0 Å². The number of thiophene rings is 1. The number of hydrogen-bond donors (Lipinski definition) is 2. The highest BCUT2D eigenvalue weighted by Crippen LogP contribution is 2.30. The van der Waals surface area contributed by atoms with Crippen LogP contribution in [0.5, 0.6) is 5.75 Å². The molecule has 0 fully saturated rings. The normalized spacial score (nSPS) is 19.2. The fraction of sp³-hybridized carbons (Fsp3) is 0.407. The molecule has 38 heavy (non-hydrogen) atoms. The number of likely N-dealkylation sites (N-methyl/N-ethyl adjacent to an activating group) is 1. The number of amides is 1.